The average Bonchev–Trinajstić information content (AvgIpc) is 2.84. The second-order valence-corrected chi connectivity index (χ2v) is 4.66. The Morgan fingerprint density at radius 1 is 1.62 bits per heavy atom. The van der Waals surface area contributed by atoms with Gasteiger partial charge in [-0.25, -0.2) is 4.98 Å². The second kappa shape index (κ2) is 4.78. The first-order valence-electron chi connectivity index (χ1n) is 5.88. The Morgan fingerprint density at radius 2 is 2.44 bits per heavy atom. The largest absolute Gasteiger partial charge is 0.338 e. The summed E-state index contributed by atoms with van der Waals surface area (Å²) >= 11 is 0. The number of aromatic nitrogens is 2. The molecule has 2 atom stereocenters. The number of rotatable bonds is 4. The fourth-order valence-electron chi connectivity index (χ4n) is 2.30. The third-order valence-electron chi connectivity index (χ3n) is 3.45. The van der Waals surface area contributed by atoms with Gasteiger partial charge in [0.2, 0.25) is 0 Å². The maximum absolute atomic E-state index is 12.0. The number of nitrogens with zero attached hydrogens (tertiary/aromatic N) is 2. The molecule has 4 heteroatoms. The van der Waals surface area contributed by atoms with Crippen LogP contribution in [0, 0.1) is 11.8 Å². The van der Waals surface area contributed by atoms with E-state index in [0.29, 0.717) is 18.1 Å². The molecule has 1 fully saturated rings. The van der Waals surface area contributed by atoms with Gasteiger partial charge in [-0.15, -0.1) is 0 Å². The molecule has 88 valence electrons. The van der Waals surface area contributed by atoms with Crippen molar-refractivity contribution >= 4 is 5.78 Å². The highest BCUT2D eigenvalue weighted by molar-refractivity contribution is 5.82. The van der Waals surface area contributed by atoms with Crippen LogP contribution < -0.4 is 5.32 Å². The number of carbonyl (C=O) groups is 1. The number of carbonyl (C=O) groups excluding carboxylic acids is 1. The van der Waals surface area contributed by atoms with Crippen molar-refractivity contribution in [3.63, 3.8) is 0 Å². The van der Waals surface area contributed by atoms with Crippen LogP contribution in [0.15, 0.2) is 12.4 Å². The van der Waals surface area contributed by atoms with Crippen molar-refractivity contribution in [3.05, 3.63) is 18.2 Å². The van der Waals surface area contributed by atoms with Crippen LogP contribution in [0.3, 0.4) is 0 Å². The fourth-order valence-corrected chi connectivity index (χ4v) is 2.30. The summed E-state index contributed by atoms with van der Waals surface area (Å²) in [4.78, 5) is 16.2. The van der Waals surface area contributed by atoms with Crippen molar-refractivity contribution in [3.8, 4) is 0 Å². The standard InChI is InChI=1S/C12H19N3O/c1-9-7-13-8-10(9)11(16)3-4-12-14-5-6-15(12)2/h5-6,9-10,13H,3-4,7-8H2,1-2H3. The van der Waals surface area contributed by atoms with E-state index in [2.05, 4.69) is 17.2 Å². The number of hydrogen-bond acceptors (Lipinski definition) is 3. The van der Waals surface area contributed by atoms with Gasteiger partial charge in [-0.2, -0.15) is 0 Å². The molecule has 4 nitrogen and oxygen atoms in total. The highest BCUT2D eigenvalue weighted by Gasteiger charge is 2.28. The topological polar surface area (TPSA) is 46.9 Å². The average molecular weight is 221 g/mol. The van der Waals surface area contributed by atoms with Crippen LogP contribution in [-0.4, -0.2) is 28.4 Å². The van der Waals surface area contributed by atoms with Crippen LogP contribution in [0.1, 0.15) is 19.2 Å². The Labute approximate surface area is 96.1 Å². The monoisotopic (exact) mass is 221 g/mol. The van der Waals surface area contributed by atoms with E-state index in [0.717, 1.165) is 25.3 Å². The molecule has 2 rings (SSSR count). The molecule has 0 radical (unpaired) electrons. The quantitative estimate of drug-likeness (QED) is 0.817. The molecular formula is C12H19N3O. The molecule has 0 aliphatic carbocycles. The maximum atomic E-state index is 12.0. The van der Waals surface area contributed by atoms with Crippen molar-refractivity contribution in [2.45, 2.75) is 19.8 Å². The van der Waals surface area contributed by atoms with Gasteiger partial charge in [-0.1, -0.05) is 6.92 Å². The molecule has 16 heavy (non-hydrogen) atoms. The third kappa shape index (κ3) is 2.32. The number of ketones is 1. The lowest BCUT2D eigenvalue weighted by Gasteiger charge is -2.12. The van der Waals surface area contributed by atoms with Gasteiger partial charge in [0.05, 0.1) is 0 Å². The first-order chi connectivity index (χ1) is 7.68. The first-order valence-corrected chi connectivity index (χ1v) is 5.88. The van der Waals surface area contributed by atoms with Crippen LogP contribution in [-0.2, 0) is 18.3 Å². The molecule has 2 unspecified atom stereocenters. The summed E-state index contributed by atoms with van der Waals surface area (Å²) in [5.74, 6) is 2.06. The molecule has 1 saturated heterocycles. The Balaban J connectivity index is 1.86. The van der Waals surface area contributed by atoms with Crippen LogP contribution in [0.5, 0.6) is 0 Å². The molecule has 0 spiro atoms. The van der Waals surface area contributed by atoms with Gasteiger partial charge in [0, 0.05) is 44.7 Å². The zero-order chi connectivity index (χ0) is 11.5. The van der Waals surface area contributed by atoms with Gasteiger partial charge < -0.3 is 9.88 Å². The normalized spacial score (nSPS) is 24.9. The van der Waals surface area contributed by atoms with Crippen LogP contribution in [0.4, 0.5) is 0 Å². The molecular weight excluding hydrogens is 202 g/mol. The van der Waals surface area contributed by atoms with Gasteiger partial charge in [0.1, 0.15) is 11.6 Å². The van der Waals surface area contributed by atoms with Gasteiger partial charge in [0.25, 0.3) is 0 Å². The molecule has 1 N–H and O–H groups in total. The predicted molar refractivity (Wildman–Crippen MR) is 62.1 cm³/mol. The Hall–Kier alpha value is -1.16. The minimum absolute atomic E-state index is 0.209. The summed E-state index contributed by atoms with van der Waals surface area (Å²) < 4.78 is 1.98. The molecule has 0 aromatic carbocycles. The fraction of sp³-hybridized carbons (Fsp3) is 0.667. The molecule has 0 amide bonds. The molecule has 1 aromatic heterocycles. The number of hydrogen-bond donors (Lipinski definition) is 1. The minimum Gasteiger partial charge on any atom is -0.338 e. The van der Waals surface area contributed by atoms with E-state index >= 15 is 0 Å². The van der Waals surface area contributed by atoms with E-state index in [1.54, 1.807) is 6.20 Å². The summed E-state index contributed by atoms with van der Waals surface area (Å²) in [7, 11) is 1.96. The Bertz CT molecular complexity index is 372. The summed E-state index contributed by atoms with van der Waals surface area (Å²) in [6, 6.07) is 0. The number of Topliss-reactive ketones (excluding diaryl/α,β-unsaturated/α-hetero) is 1. The molecule has 1 aromatic rings. The lowest BCUT2D eigenvalue weighted by molar-refractivity contribution is -0.123. The summed E-state index contributed by atoms with van der Waals surface area (Å²) in [5.41, 5.74) is 0. The maximum Gasteiger partial charge on any atom is 0.138 e. The van der Waals surface area contributed by atoms with Crippen LogP contribution >= 0.6 is 0 Å². The Kier molecular flexibility index (Phi) is 3.39. The zero-order valence-corrected chi connectivity index (χ0v) is 9.94. The predicted octanol–water partition coefficient (Wildman–Crippen LogP) is 0.777. The van der Waals surface area contributed by atoms with E-state index in [9.17, 15) is 4.79 Å². The van der Waals surface area contributed by atoms with Gasteiger partial charge in [0.15, 0.2) is 0 Å². The van der Waals surface area contributed by atoms with Gasteiger partial charge in [-0.05, 0) is 12.5 Å². The van der Waals surface area contributed by atoms with Gasteiger partial charge >= 0.3 is 0 Å². The van der Waals surface area contributed by atoms with Crippen molar-refractivity contribution in [2.75, 3.05) is 13.1 Å². The smallest absolute Gasteiger partial charge is 0.138 e. The number of aryl methyl sites for hydroxylation is 2. The Morgan fingerprint density at radius 3 is 3.00 bits per heavy atom. The molecule has 1 aliphatic rings. The van der Waals surface area contributed by atoms with Crippen molar-refractivity contribution in [1.82, 2.24) is 14.9 Å². The second-order valence-electron chi connectivity index (χ2n) is 4.66. The highest BCUT2D eigenvalue weighted by atomic mass is 16.1. The first kappa shape index (κ1) is 11.3. The number of nitrogens with one attached hydrogen (secondary N) is 1. The lowest BCUT2D eigenvalue weighted by Crippen LogP contribution is -2.22. The highest BCUT2D eigenvalue weighted by Crippen LogP contribution is 2.18. The summed E-state index contributed by atoms with van der Waals surface area (Å²) in [5, 5.41) is 3.27. The zero-order valence-electron chi connectivity index (χ0n) is 9.94. The molecule has 0 saturated carbocycles. The van der Waals surface area contributed by atoms with Gasteiger partial charge in [-0.3, -0.25) is 4.79 Å². The van der Waals surface area contributed by atoms with Crippen LogP contribution in [0.25, 0.3) is 0 Å². The van der Waals surface area contributed by atoms with Crippen molar-refractivity contribution in [2.24, 2.45) is 18.9 Å². The van der Waals surface area contributed by atoms with E-state index in [4.69, 9.17) is 0 Å². The molecule has 0 bridgehead atoms. The van der Waals surface area contributed by atoms with E-state index in [-0.39, 0.29) is 5.92 Å². The lowest BCUT2D eigenvalue weighted by atomic mass is 9.91. The number of imidazole rings is 1. The minimum atomic E-state index is 0.209. The van der Waals surface area contributed by atoms with E-state index < -0.39 is 0 Å². The van der Waals surface area contributed by atoms with Crippen molar-refractivity contribution in [1.29, 1.82) is 0 Å². The van der Waals surface area contributed by atoms with E-state index in [1.165, 1.54) is 0 Å². The van der Waals surface area contributed by atoms with E-state index in [1.807, 2.05) is 17.8 Å². The molecule has 1 aliphatic heterocycles. The molecule has 2 heterocycles. The summed E-state index contributed by atoms with van der Waals surface area (Å²) in [6.07, 6.45) is 5.06. The van der Waals surface area contributed by atoms with Crippen molar-refractivity contribution < 1.29 is 4.79 Å². The SMILES string of the molecule is CC1CNCC1C(=O)CCc1nccn1C. The van der Waals surface area contributed by atoms with Crippen LogP contribution in [0.2, 0.25) is 0 Å². The summed E-state index contributed by atoms with van der Waals surface area (Å²) in [6.45, 7) is 3.96. The third-order valence-corrected chi connectivity index (χ3v) is 3.45.